The first-order chi connectivity index (χ1) is 13.9. The second kappa shape index (κ2) is 10.3. The molecule has 0 bridgehead atoms. The van der Waals surface area contributed by atoms with Gasteiger partial charge in [0.2, 0.25) is 10.0 Å². The first kappa shape index (κ1) is 21.9. The molecular weight excluding hydrogens is 393 g/mol. The second-order valence-electron chi connectivity index (χ2n) is 7.69. The van der Waals surface area contributed by atoms with E-state index in [1.165, 1.54) is 16.4 Å². The Balaban J connectivity index is 1.37. The lowest BCUT2D eigenvalue weighted by atomic mass is 10.1. The highest BCUT2D eigenvalue weighted by molar-refractivity contribution is 7.89. The zero-order valence-corrected chi connectivity index (χ0v) is 17.8. The maximum absolute atomic E-state index is 13.3. The summed E-state index contributed by atoms with van der Waals surface area (Å²) in [7, 11) is -1.62. The number of nitrogens with zero attached hydrogens (tertiary/aromatic N) is 2. The van der Waals surface area contributed by atoms with Gasteiger partial charge in [-0.25, -0.2) is 17.1 Å². The fourth-order valence-corrected chi connectivity index (χ4v) is 4.95. The van der Waals surface area contributed by atoms with Crippen LogP contribution in [0.1, 0.15) is 44.2 Å². The van der Waals surface area contributed by atoms with E-state index in [-0.39, 0.29) is 17.7 Å². The number of hydrogen-bond donors (Lipinski definition) is 1. The summed E-state index contributed by atoms with van der Waals surface area (Å²) in [6, 6.07) is 8.32. The Labute approximate surface area is 172 Å². The van der Waals surface area contributed by atoms with Crippen molar-refractivity contribution >= 4 is 10.0 Å². The zero-order valence-electron chi connectivity index (χ0n) is 16.9. The summed E-state index contributed by atoms with van der Waals surface area (Å²) in [6.45, 7) is 1.19. The molecule has 29 heavy (non-hydrogen) atoms. The number of rotatable bonds is 10. The molecular formula is C21H30FN3O3S. The Hall–Kier alpha value is -1.77. The van der Waals surface area contributed by atoms with Crippen LogP contribution in [-0.2, 0) is 21.2 Å². The van der Waals surface area contributed by atoms with Gasteiger partial charge >= 0.3 is 0 Å². The second-order valence-corrected chi connectivity index (χ2v) is 9.81. The van der Waals surface area contributed by atoms with Crippen molar-refractivity contribution < 1.29 is 17.5 Å². The van der Waals surface area contributed by atoms with Crippen LogP contribution in [-0.4, -0.2) is 55.0 Å². The molecule has 1 aromatic heterocycles. The van der Waals surface area contributed by atoms with Crippen molar-refractivity contribution in [2.45, 2.75) is 51.0 Å². The fourth-order valence-electron chi connectivity index (χ4n) is 3.55. The highest BCUT2D eigenvalue weighted by atomic mass is 32.2. The number of hydrogen-bond acceptors (Lipinski definition) is 4. The van der Waals surface area contributed by atoms with Gasteiger partial charge in [-0.15, -0.1) is 0 Å². The lowest BCUT2D eigenvalue weighted by Gasteiger charge is -2.25. The lowest BCUT2D eigenvalue weighted by molar-refractivity contribution is 0.0299. The Morgan fingerprint density at radius 2 is 2.10 bits per heavy atom. The summed E-state index contributed by atoms with van der Waals surface area (Å²) in [4.78, 5) is 0. The molecule has 1 aromatic carbocycles. The molecule has 3 rings (SSSR count). The Bertz CT molecular complexity index is 879. The SMILES string of the molecule is CN(CCCCCc1cc(-c2cccc(F)c2)n[nH]1)S(=O)(=O)CC1CCCCO1. The normalized spacial score (nSPS) is 17.7. The first-order valence-electron chi connectivity index (χ1n) is 10.3. The van der Waals surface area contributed by atoms with Crippen molar-refractivity contribution in [1.82, 2.24) is 14.5 Å². The van der Waals surface area contributed by atoms with Crippen molar-refractivity contribution in [3.63, 3.8) is 0 Å². The average molecular weight is 424 g/mol. The van der Waals surface area contributed by atoms with Crippen LogP contribution in [0.2, 0.25) is 0 Å². The maximum atomic E-state index is 13.3. The first-order valence-corrected chi connectivity index (χ1v) is 11.9. The van der Waals surface area contributed by atoms with E-state index < -0.39 is 10.0 Å². The van der Waals surface area contributed by atoms with Crippen molar-refractivity contribution in [2.24, 2.45) is 0 Å². The number of aromatic amines is 1. The van der Waals surface area contributed by atoms with E-state index >= 15 is 0 Å². The van der Waals surface area contributed by atoms with Gasteiger partial charge in [0.1, 0.15) is 5.82 Å². The van der Waals surface area contributed by atoms with Gasteiger partial charge in [-0.05, 0) is 56.7 Å². The Kier molecular flexibility index (Phi) is 7.80. The number of benzene rings is 1. The molecule has 0 radical (unpaired) electrons. The van der Waals surface area contributed by atoms with Crippen molar-refractivity contribution in [1.29, 1.82) is 0 Å². The van der Waals surface area contributed by atoms with Crippen LogP contribution in [0.5, 0.6) is 0 Å². The van der Waals surface area contributed by atoms with Crippen LogP contribution < -0.4 is 0 Å². The molecule has 0 saturated carbocycles. The third kappa shape index (κ3) is 6.62. The number of halogens is 1. The largest absolute Gasteiger partial charge is 0.377 e. The minimum atomic E-state index is -3.27. The predicted molar refractivity (Wildman–Crippen MR) is 112 cm³/mol. The van der Waals surface area contributed by atoms with Gasteiger partial charge < -0.3 is 4.74 Å². The quantitative estimate of drug-likeness (QED) is 0.591. The van der Waals surface area contributed by atoms with Crippen LogP contribution >= 0.6 is 0 Å². The number of H-pyrrole nitrogens is 1. The summed E-state index contributed by atoms with van der Waals surface area (Å²) in [5, 5.41) is 7.25. The molecule has 1 atom stereocenters. The smallest absolute Gasteiger partial charge is 0.216 e. The van der Waals surface area contributed by atoms with Crippen LogP contribution in [0.15, 0.2) is 30.3 Å². The molecule has 1 fully saturated rings. The molecule has 8 heteroatoms. The minimum absolute atomic E-state index is 0.0838. The molecule has 1 aliphatic rings. The molecule has 2 heterocycles. The lowest BCUT2D eigenvalue weighted by Crippen LogP contribution is -2.36. The molecule has 1 N–H and O–H groups in total. The van der Waals surface area contributed by atoms with E-state index in [4.69, 9.17) is 4.74 Å². The topological polar surface area (TPSA) is 75.3 Å². The molecule has 0 aliphatic carbocycles. The van der Waals surface area contributed by atoms with Gasteiger partial charge in [-0.2, -0.15) is 5.10 Å². The number of ether oxygens (including phenoxy) is 1. The van der Waals surface area contributed by atoms with E-state index in [2.05, 4.69) is 10.2 Å². The molecule has 6 nitrogen and oxygen atoms in total. The van der Waals surface area contributed by atoms with Crippen LogP contribution in [0.3, 0.4) is 0 Å². The highest BCUT2D eigenvalue weighted by Crippen LogP contribution is 2.20. The van der Waals surface area contributed by atoms with Crippen LogP contribution in [0.4, 0.5) is 4.39 Å². The predicted octanol–water partition coefficient (Wildman–Crippen LogP) is 3.76. The molecule has 1 saturated heterocycles. The molecule has 160 valence electrons. The Morgan fingerprint density at radius 3 is 2.86 bits per heavy atom. The summed E-state index contributed by atoms with van der Waals surface area (Å²) in [5.74, 6) is -0.193. The maximum Gasteiger partial charge on any atom is 0.216 e. The summed E-state index contributed by atoms with van der Waals surface area (Å²) in [5.41, 5.74) is 2.48. The van der Waals surface area contributed by atoms with Crippen molar-refractivity contribution in [2.75, 3.05) is 26.0 Å². The van der Waals surface area contributed by atoms with Crippen molar-refractivity contribution in [3.8, 4) is 11.3 Å². The molecule has 2 aromatic rings. The van der Waals surface area contributed by atoms with Gasteiger partial charge in [-0.3, -0.25) is 5.10 Å². The summed E-state index contributed by atoms with van der Waals surface area (Å²) < 4.78 is 45.3. The van der Waals surface area contributed by atoms with E-state index in [0.29, 0.717) is 13.2 Å². The molecule has 1 unspecified atom stereocenters. The van der Waals surface area contributed by atoms with Gasteiger partial charge in [-0.1, -0.05) is 18.6 Å². The van der Waals surface area contributed by atoms with E-state index in [1.807, 2.05) is 12.1 Å². The monoisotopic (exact) mass is 423 g/mol. The molecule has 0 spiro atoms. The molecule has 0 amide bonds. The minimum Gasteiger partial charge on any atom is -0.377 e. The van der Waals surface area contributed by atoms with E-state index in [9.17, 15) is 12.8 Å². The summed E-state index contributed by atoms with van der Waals surface area (Å²) in [6.07, 6.45) is 6.22. The number of unbranched alkanes of at least 4 members (excludes halogenated alkanes) is 2. The Morgan fingerprint density at radius 1 is 1.24 bits per heavy atom. The van der Waals surface area contributed by atoms with E-state index in [1.54, 1.807) is 13.1 Å². The highest BCUT2D eigenvalue weighted by Gasteiger charge is 2.25. The van der Waals surface area contributed by atoms with Gasteiger partial charge in [0.05, 0.1) is 17.6 Å². The van der Waals surface area contributed by atoms with Gasteiger partial charge in [0.25, 0.3) is 0 Å². The van der Waals surface area contributed by atoms with Gasteiger partial charge in [0, 0.05) is 31.5 Å². The standard InChI is InChI=1S/C21H30FN3O3S/c1-25(29(26,27)16-20-11-4-6-13-28-20)12-5-2-3-10-19-15-21(24-23-19)17-8-7-9-18(22)14-17/h7-9,14-15,20H,2-6,10-13,16H2,1H3,(H,23,24). The zero-order chi connectivity index (χ0) is 20.7. The van der Waals surface area contributed by atoms with Crippen LogP contribution in [0.25, 0.3) is 11.3 Å². The number of nitrogens with one attached hydrogen (secondary N) is 1. The van der Waals surface area contributed by atoms with Gasteiger partial charge in [0.15, 0.2) is 0 Å². The third-order valence-electron chi connectivity index (χ3n) is 5.32. The van der Waals surface area contributed by atoms with Crippen LogP contribution in [0, 0.1) is 5.82 Å². The molecule has 1 aliphatic heterocycles. The average Bonchev–Trinajstić information content (AvgIpc) is 3.17. The number of aryl methyl sites for hydroxylation is 1. The summed E-state index contributed by atoms with van der Waals surface area (Å²) >= 11 is 0. The van der Waals surface area contributed by atoms with E-state index in [0.717, 1.165) is 61.9 Å². The van der Waals surface area contributed by atoms with Crippen molar-refractivity contribution in [3.05, 3.63) is 41.8 Å². The fraction of sp³-hybridized carbons (Fsp3) is 0.571. The number of aromatic nitrogens is 2. The number of sulfonamides is 1. The third-order valence-corrected chi connectivity index (χ3v) is 7.24.